The molecule has 8 nitrogen and oxygen atoms in total. The number of amides is 1. The van der Waals surface area contributed by atoms with Gasteiger partial charge in [-0.25, -0.2) is 9.48 Å². The summed E-state index contributed by atoms with van der Waals surface area (Å²) in [5, 5.41) is 19.7. The Hall–Kier alpha value is -2.77. The first-order valence-corrected chi connectivity index (χ1v) is 7.87. The Morgan fingerprint density at radius 1 is 1.33 bits per heavy atom. The molecular weight excluding hydrogens is 312 g/mol. The van der Waals surface area contributed by atoms with Gasteiger partial charge in [0.1, 0.15) is 11.6 Å². The zero-order chi connectivity index (χ0) is 17.5. The molecule has 8 heteroatoms. The normalized spacial score (nSPS) is 12.0. The zero-order valence-corrected chi connectivity index (χ0v) is 13.4. The molecule has 1 aromatic carbocycles. The summed E-state index contributed by atoms with van der Waals surface area (Å²) in [6.07, 6.45) is 1.91. The number of carbonyl (C=O) groups excluding carboxylic acids is 1. The van der Waals surface area contributed by atoms with E-state index in [2.05, 4.69) is 15.6 Å². The topological polar surface area (TPSA) is 114 Å². The first-order chi connectivity index (χ1) is 11.5. The summed E-state index contributed by atoms with van der Waals surface area (Å²) in [5.41, 5.74) is 0.169. The fraction of sp³-hybridized carbons (Fsp3) is 0.438. The molecule has 2 rings (SSSR count). The molecule has 1 unspecified atom stereocenters. The summed E-state index contributed by atoms with van der Waals surface area (Å²) < 4.78 is 1.11. The second-order valence-corrected chi connectivity index (χ2v) is 5.49. The van der Waals surface area contributed by atoms with Crippen molar-refractivity contribution in [3.05, 3.63) is 34.6 Å². The van der Waals surface area contributed by atoms with Gasteiger partial charge in [0.15, 0.2) is 0 Å². The molecule has 1 heterocycles. The second-order valence-electron chi connectivity index (χ2n) is 5.49. The summed E-state index contributed by atoms with van der Waals surface area (Å²) in [6, 6.07) is 5.92. The number of fused-ring (bicyclic) bond motifs is 1. The van der Waals surface area contributed by atoms with Gasteiger partial charge in [0, 0.05) is 6.42 Å². The van der Waals surface area contributed by atoms with Crippen LogP contribution in [0.25, 0.3) is 10.9 Å². The molecule has 1 aromatic heterocycles. The van der Waals surface area contributed by atoms with Crippen molar-refractivity contribution in [2.75, 3.05) is 0 Å². The summed E-state index contributed by atoms with van der Waals surface area (Å²) in [6.45, 7) is 1.99. The van der Waals surface area contributed by atoms with Gasteiger partial charge in [-0.3, -0.25) is 9.59 Å². The molecule has 0 saturated carbocycles. The minimum absolute atomic E-state index is 0.0389. The molecule has 0 bridgehead atoms. The van der Waals surface area contributed by atoms with Crippen LogP contribution in [0, 0.1) is 0 Å². The number of hydrogen-bond acceptors (Lipinski definition) is 5. The Bertz CT molecular complexity index is 787. The predicted octanol–water partition coefficient (Wildman–Crippen LogP) is 0.941. The number of aliphatic carboxylic acids is 1. The van der Waals surface area contributed by atoms with Crippen molar-refractivity contribution in [2.24, 2.45) is 0 Å². The summed E-state index contributed by atoms with van der Waals surface area (Å²) in [7, 11) is 0. The van der Waals surface area contributed by atoms with Crippen LogP contribution in [0.4, 0.5) is 0 Å². The molecule has 0 saturated heterocycles. The fourth-order valence-corrected chi connectivity index (χ4v) is 2.31. The second kappa shape index (κ2) is 8.19. The number of rotatable bonds is 8. The highest BCUT2D eigenvalue weighted by atomic mass is 16.4. The van der Waals surface area contributed by atoms with Gasteiger partial charge in [0.25, 0.3) is 5.56 Å². The lowest BCUT2D eigenvalue weighted by Gasteiger charge is -2.14. The van der Waals surface area contributed by atoms with Crippen LogP contribution in [0.3, 0.4) is 0 Å². The van der Waals surface area contributed by atoms with Gasteiger partial charge in [0.2, 0.25) is 5.91 Å². The lowest BCUT2D eigenvalue weighted by Crippen LogP contribution is -2.41. The summed E-state index contributed by atoms with van der Waals surface area (Å²) in [5.74, 6) is -1.49. The van der Waals surface area contributed by atoms with Gasteiger partial charge in [0.05, 0.1) is 11.9 Å². The van der Waals surface area contributed by atoms with Crippen molar-refractivity contribution in [3.8, 4) is 0 Å². The average Bonchev–Trinajstić information content (AvgIpc) is 2.58. The summed E-state index contributed by atoms with van der Waals surface area (Å²) in [4.78, 5) is 35.3. The van der Waals surface area contributed by atoms with Gasteiger partial charge in [-0.1, -0.05) is 37.1 Å². The number of carboxylic acid groups (broad SMARTS) is 1. The molecule has 1 atom stereocenters. The van der Waals surface area contributed by atoms with Crippen LogP contribution in [-0.4, -0.2) is 38.0 Å². The van der Waals surface area contributed by atoms with E-state index in [1.807, 2.05) is 6.92 Å². The first kappa shape index (κ1) is 17.6. The Morgan fingerprint density at radius 2 is 2.08 bits per heavy atom. The van der Waals surface area contributed by atoms with E-state index in [-0.39, 0.29) is 18.5 Å². The minimum Gasteiger partial charge on any atom is -0.480 e. The van der Waals surface area contributed by atoms with Crippen LogP contribution < -0.4 is 10.9 Å². The van der Waals surface area contributed by atoms with Crippen molar-refractivity contribution < 1.29 is 14.7 Å². The van der Waals surface area contributed by atoms with Crippen molar-refractivity contribution in [3.63, 3.8) is 0 Å². The average molecular weight is 332 g/mol. The van der Waals surface area contributed by atoms with Gasteiger partial charge in [-0.15, -0.1) is 5.10 Å². The third-order valence-electron chi connectivity index (χ3n) is 3.66. The number of hydrogen-bond donors (Lipinski definition) is 2. The van der Waals surface area contributed by atoms with E-state index in [0.29, 0.717) is 23.7 Å². The van der Waals surface area contributed by atoms with Crippen LogP contribution in [0.2, 0.25) is 0 Å². The maximum atomic E-state index is 12.2. The molecule has 0 radical (unpaired) electrons. The van der Waals surface area contributed by atoms with E-state index >= 15 is 0 Å². The smallest absolute Gasteiger partial charge is 0.326 e. The number of carbonyl (C=O) groups is 2. The molecule has 2 aromatic rings. The van der Waals surface area contributed by atoms with Gasteiger partial charge >= 0.3 is 5.97 Å². The van der Waals surface area contributed by atoms with E-state index in [0.717, 1.165) is 11.1 Å². The third kappa shape index (κ3) is 4.37. The lowest BCUT2D eigenvalue weighted by atomic mass is 10.1. The molecule has 0 aliphatic carbocycles. The molecule has 0 fully saturated rings. The molecule has 1 amide bonds. The molecule has 2 N–H and O–H groups in total. The lowest BCUT2D eigenvalue weighted by molar-refractivity contribution is -0.142. The van der Waals surface area contributed by atoms with E-state index in [1.54, 1.807) is 24.3 Å². The van der Waals surface area contributed by atoms with E-state index in [9.17, 15) is 14.4 Å². The molecule has 0 aliphatic rings. The monoisotopic (exact) mass is 332 g/mol. The van der Waals surface area contributed by atoms with Crippen molar-refractivity contribution >= 4 is 22.8 Å². The predicted molar refractivity (Wildman–Crippen MR) is 87.5 cm³/mol. The quantitative estimate of drug-likeness (QED) is 0.743. The van der Waals surface area contributed by atoms with Crippen molar-refractivity contribution in [1.82, 2.24) is 20.3 Å². The first-order valence-electron chi connectivity index (χ1n) is 7.87. The van der Waals surface area contributed by atoms with Crippen LogP contribution in [0.15, 0.2) is 29.1 Å². The molecule has 0 spiro atoms. The number of unbranched alkanes of at least 4 members (excludes halogenated alkanes) is 1. The van der Waals surface area contributed by atoms with E-state index in [1.165, 1.54) is 0 Å². The van der Waals surface area contributed by atoms with Gasteiger partial charge in [-0.2, -0.15) is 0 Å². The Balaban J connectivity index is 2.00. The molecule has 24 heavy (non-hydrogen) atoms. The van der Waals surface area contributed by atoms with Crippen molar-refractivity contribution in [1.29, 1.82) is 0 Å². The number of aromatic nitrogens is 3. The zero-order valence-electron chi connectivity index (χ0n) is 13.4. The highest BCUT2D eigenvalue weighted by Crippen LogP contribution is 2.04. The van der Waals surface area contributed by atoms with Gasteiger partial charge < -0.3 is 10.4 Å². The van der Waals surface area contributed by atoms with E-state index < -0.39 is 17.9 Å². The Morgan fingerprint density at radius 3 is 2.79 bits per heavy atom. The largest absolute Gasteiger partial charge is 0.480 e. The Labute approximate surface area is 138 Å². The fourth-order valence-electron chi connectivity index (χ4n) is 2.31. The number of nitrogens with one attached hydrogen (secondary N) is 1. The van der Waals surface area contributed by atoms with E-state index in [4.69, 9.17) is 5.11 Å². The number of nitrogens with zero attached hydrogens (tertiary/aromatic N) is 3. The number of benzene rings is 1. The Kier molecular flexibility index (Phi) is 6.00. The minimum atomic E-state index is -1.06. The van der Waals surface area contributed by atoms with Crippen LogP contribution >= 0.6 is 0 Å². The SMILES string of the molecule is CCCCC(NC(=O)CCn1nnc2ccccc2c1=O)C(=O)O. The highest BCUT2D eigenvalue weighted by Gasteiger charge is 2.19. The van der Waals surface area contributed by atoms with Gasteiger partial charge in [-0.05, 0) is 18.6 Å². The molecule has 128 valence electrons. The number of aryl methyl sites for hydroxylation is 1. The molecular formula is C16H20N4O4. The van der Waals surface area contributed by atoms with Crippen LogP contribution in [0.5, 0.6) is 0 Å². The standard InChI is InChI=1S/C16H20N4O4/c1-2-3-7-13(16(23)24)17-14(21)9-10-20-15(22)11-6-4-5-8-12(11)18-19-20/h4-6,8,13H,2-3,7,9-10H2,1H3,(H,17,21)(H,23,24). The van der Waals surface area contributed by atoms with Crippen LogP contribution in [0.1, 0.15) is 32.6 Å². The highest BCUT2D eigenvalue weighted by molar-refractivity contribution is 5.83. The van der Waals surface area contributed by atoms with Crippen molar-refractivity contribution in [2.45, 2.75) is 45.2 Å². The third-order valence-corrected chi connectivity index (χ3v) is 3.66. The maximum Gasteiger partial charge on any atom is 0.326 e. The molecule has 0 aliphatic heterocycles. The van der Waals surface area contributed by atoms with Crippen LogP contribution in [-0.2, 0) is 16.1 Å². The number of carboxylic acids is 1. The maximum absolute atomic E-state index is 12.2. The summed E-state index contributed by atoms with van der Waals surface area (Å²) >= 11 is 0.